The van der Waals surface area contributed by atoms with E-state index in [4.69, 9.17) is 5.73 Å². The normalized spacial score (nSPS) is 28.7. The molecule has 2 saturated carbocycles. The molecule has 1 amide bonds. The molecule has 30 heavy (non-hydrogen) atoms. The van der Waals surface area contributed by atoms with E-state index in [1.807, 2.05) is 11.7 Å². The predicted molar refractivity (Wildman–Crippen MR) is 128 cm³/mol. The van der Waals surface area contributed by atoms with Gasteiger partial charge in [-0.3, -0.25) is 14.4 Å². The Hall–Kier alpha value is -0.530. The van der Waals surface area contributed by atoms with Gasteiger partial charge in [-0.25, -0.2) is 0 Å². The van der Waals surface area contributed by atoms with E-state index in [0.29, 0.717) is 23.8 Å². The summed E-state index contributed by atoms with van der Waals surface area (Å²) in [6.45, 7) is 8.80. The van der Waals surface area contributed by atoms with Gasteiger partial charge in [0.2, 0.25) is 5.91 Å². The highest BCUT2D eigenvalue weighted by Gasteiger charge is 2.41. The second kappa shape index (κ2) is 11.4. The first kappa shape index (κ1) is 27.5. The minimum Gasteiger partial charge on any atom is -0.340 e. The molecule has 2 atom stereocenters. The van der Waals surface area contributed by atoms with Crippen molar-refractivity contribution in [3.8, 4) is 0 Å². The molecule has 1 saturated heterocycles. The molecule has 4 rings (SSSR count). The van der Waals surface area contributed by atoms with E-state index in [-0.39, 0.29) is 43.1 Å². The van der Waals surface area contributed by atoms with Crippen LogP contribution in [0.15, 0.2) is 0 Å². The average molecular weight is 483 g/mol. The number of hydrogen-bond acceptors (Lipinski definition) is 4. The third-order valence-electron chi connectivity index (χ3n) is 7.49. The third-order valence-corrected chi connectivity index (χ3v) is 7.49. The summed E-state index contributed by atoms with van der Waals surface area (Å²) in [6, 6.07) is 0.339. The molecule has 2 bridgehead atoms. The van der Waals surface area contributed by atoms with Crippen LogP contribution in [0.3, 0.4) is 0 Å². The Morgan fingerprint density at radius 2 is 1.60 bits per heavy atom. The maximum atomic E-state index is 13.1. The fourth-order valence-corrected chi connectivity index (χ4v) is 5.65. The van der Waals surface area contributed by atoms with Gasteiger partial charge in [-0.1, -0.05) is 6.42 Å². The molecular formula is C21H38Cl3N5O. The smallest absolute Gasteiger partial charge is 0.225 e. The summed E-state index contributed by atoms with van der Waals surface area (Å²) in [7, 11) is 2.01. The topological polar surface area (TPSA) is 67.4 Å². The monoisotopic (exact) mass is 481 g/mol. The van der Waals surface area contributed by atoms with Crippen LogP contribution < -0.4 is 5.73 Å². The van der Waals surface area contributed by atoms with Gasteiger partial charge in [0.15, 0.2) is 0 Å². The van der Waals surface area contributed by atoms with Crippen LogP contribution in [0.1, 0.15) is 49.1 Å². The highest BCUT2D eigenvalue weighted by Crippen LogP contribution is 2.42. The van der Waals surface area contributed by atoms with Crippen molar-refractivity contribution in [1.82, 2.24) is 19.6 Å². The quantitative estimate of drug-likeness (QED) is 0.719. The lowest BCUT2D eigenvalue weighted by atomic mass is 9.65. The Morgan fingerprint density at radius 1 is 1.03 bits per heavy atom. The van der Waals surface area contributed by atoms with E-state index < -0.39 is 0 Å². The summed E-state index contributed by atoms with van der Waals surface area (Å²) >= 11 is 0. The number of aromatic nitrogens is 2. The van der Waals surface area contributed by atoms with Crippen LogP contribution in [0.4, 0.5) is 0 Å². The largest absolute Gasteiger partial charge is 0.340 e. The predicted octanol–water partition coefficient (Wildman–Crippen LogP) is 3.10. The van der Waals surface area contributed by atoms with E-state index in [1.54, 1.807) is 0 Å². The van der Waals surface area contributed by atoms with E-state index in [9.17, 15) is 4.79 Å². The molecule has 3 fully saturated rings. The molecule has 1 aliphatic heterocycles. The van der Waals surface area contributed by atoms with Crippen molar-refractivity contribution in [3.05, 3.63) is 17.0 Å². The van der Waals surface area contributed by atoms with Gasteiger partial charge in [0.05, 0.1) is 5.69 Å². The molecular weight excluding hydrogens is 445 g/mol. The Kier molecular flexibility index (Phi) is 10.4. The van der Waals surface area contributed by atoms with Crippen LogP contribution in [-0.4, -0.2) is 57.7 Å². The van der Waals surface area contributed by atoms with Gasteiger partial charge in [-0.15, -0.1) is 37.2 Å². The molecule has 1 aromatic heterocycles. The number of carbonyl (C=O) groups is 1. The van der Waals surface area contributed by atoms with Gasteiger partial charge < -0.3 is 10.6 Å². The molecule has 2 heterocycles. The van der Waals surface area contributed by atoms with Gasteiger partial charge in [0.25, 0.3) is 0 Å². The highest BCUT2D eigenvalue weighted by atomic mass is 35.5. The number of hydrogen-bond donors (Lipinski definition) is 1. The van der Waals surface area contributed by atoms with Crippen LogP contribution in [0, 0.1) is 31.6 Å². The summed E-state index contributed by atoms with van der Waals surface area (Å²) in [4.78, 5) is 17.7. The van der Waals surface area contributed by atoms with Gasteiger partial charge in [0.1, 0.15) is 0 Å². The van der Waals surface area contributed by atoms with Crippen molar-refractivity contribution in [2.24, 2.45) is 30.5 Å². The Labute approximate surface area is 199 Å². The number of halogens is 3. The Morgan fingerprint density at radius 3 is 2.10 bits per heavy atom. The molecule has 2 aliphatic carbocycles. The molecule has 174 valence electrons. The first-order valence-electron chi connectivity index (χ1n) is 10.7. The number of rotatable bonds is 3. The van der Waals surface area contributed by atoms with Gasteiger partial charge >= 0.3 is 0 Å². The third kappa shape index (κ3) is 5.44. The lowest BCUT2D eigenvalue weighted by Crippen LogP contribution is -2.53. The second-order valence-electron chi connectivity index (χ2n) is 9.07. The van der Waals surface area contributed by atoms with Crippen molar-refractivity contribution >= 4 is 43.1 Å². The second-order valence-corrected chi connectivity index (χ2v) is 9.07. The van der Waals surface area contributed by atoms with E-state index in [1.165, 1.54) is 30.5 Å². The number of amides is 1. The highest BCUT2D eigenvalue weighted by molar-refractivity contribution is 5.86. The van der Waals surface area contributed by atoms with Crippen molar-refractivity contribution < 1.29 is 4.79 Å². The zero-order valence-corrected chi connectivity index (χ0v) is 20.8. The first-order chi connectivity index (χ1) is 12.9. The summed E-state index contributed by atoms with van der Waals surface area (Å²) < 4.78 is 1.97. The fraction of sp³-hybridized carbons (Fsp3) is 0.810. The zero-order valence-electron chi connectivity index (χ0n) is 18.4. The molecule has 2 N–H and O–H groups in total. The van der Waals surface area contributed by atoms with Crippen molar-refractivity contribution in [3.63, 3.8) is 0 Å². The van der Waals surface area contributed by atoms with Crippen LogP contribution >= 0.6 is 37.2 Å². The zero-order chi connectivity index (χ0) is 19.1. The average Bonchev–Trinajstić information content (AvgIpc) is 2.88. The molecule has 9 heteroatoms. The number of carbonyl (C=O) groups excluding carboxylic acids is 1. The number of nitrogens with zero attached hydrogens (tertiary/aromatic N) is 4. The maximum absolute atomic E-state index is 13.1. The molecule has 0 spiro atoms. The molecule has 0 aromatic carbocycles. The van der Waals surface area contributed by atoms with Crippen LogP contribution in [0.2, 0.25) is 0 Å². The standard InChI is InChI=1S/C21H35N5O.3ClH/c1-14-19(15(2)24(3)23-14)13-25-7-9-26(10-8-25)21(27)18-11-16-5-4-6-17(12-18)20(16)22;;;/h16-18,20H,4-13,22H2,1-3H3;3*1H. The molecule has 3 aliphatic rings. The van der Waals surface area contributed by atoms with Crippen LogP contribution in [-0.2, 0) is 18.4 Å². The minimum absolute atomic E-state index is 0. The molecule has 1 aromatic rings. The van der Waals surface area contributed by atoms with Gasteiger partial charge in [-0.2, -0.15) is 5.10 Å². The molecule has 2 unspecified atom stereocenters. The lowest BCUT2D eigenvalue weighted by molar-refractivity contribution is -0.140. The van der Waals surface area contributed by atoms with Crippen molar-refractivity contribution in [2.45, 2.75) is 58.5 Å². The number of nitrogens with two attached hydrogens (primary N) is 1. The van der Waals surface area contributed by atoms with Crippen LogP contribution in [0.5, 0.6) is 0 Å². The number of fused-ring (bicyclic) bond motifs is 2. The van der Waals surface area contributed by atoms with Gasteiger partial charge in [-0.05, 0) is 51.4 Å². The van der Waals surface area contributed by atoms with Crippen molar-refractivity contribution in [2.75, 3.05) is 26.2 Å². The SMILES string of the molecule is Cc1nn(C)c(C)c1CN1CCN(C(=O)C2CC3CCCC(C2)C3N)CC1.Cl.Cl.Cl. The maximum Gasteiger partial charge on any atom is 0.225 e. The summed E-state index contributed by atoms with van der Waals surface area (Å²) in [5.41, 5.74) is 10.1. The van der Waals surface area contributed by atoms with E-state index >= 15 is 0 Å². The lowest BCUT2D eigenvalue weighted by Gasteiger charge is -2.45. The van der Waals surface area contributed by atoms with E-state index in [2.05, 4.69) is 28.7 Å². The molecule has 0 radical (unpaired) electrons. The van der Waals surface area contributed by atoms with Crippen LogP contribution in [0.25, 0.3) is 0 Å². The fourth-order valence-electron chi connectivity index (χ4n) is 5.65. The van der Waals surface area contributed by atoms with Gasteiger partial charge in [0, 0.05) is 63.0 Å². The number of piperazine rings is 1. The Bertz CT molecular complexity index is 691. The summed E-state index contributed by atoms with van der Waals surface area (Å²) in [5, 5.41) is 4.53. The summed E-state index contributed by atoms with van der Waals surface area (Å²) in [6.07, 6.45) is 5.78. The number of aryl methyl sites for hydroxylation is 2. The molecule has 6 nitrogen and oxygen atoms in total. The minimum atomic E-state index is 0. The first-order valence-corrected chi connectivity index (χ1v) is 10.7. The van der Waals surface area contributed by atoms with E-state index in [0.717, 1.165) is 51.3 Å². The summed E-state index contributed by atoms with van der Waals surface area (Å²) in [5.74, 6) is 1.76. The Balaban J connectivity index is 0.00000150. The van der Waals surface area contributed by atoms with Crippen molar-refractivity contribution in [1.29, 1.82) is 0 Å².